The van der Waals surface area contributed by atoms with Crippen LogP contribution in [0.15, 0.2) is 47.5 Å². The number of nitrogen functional groups attached to an aromatic ring is 1. The van der Waals surface area contributed by atoms with Crippen LogP contribution in [0.3, 0.4) is 0 Å². The predicted molar refractivity (Wildman–Crippen MR) is 130 cm³/mol. The van der Waals surface area contributed by atoms with Gasteiger partial charge in [-0.1, -0.05) is 29.8 Å². The van der Waals surface area contributed by atoms with Gasteiger partial charge in [-0.2, -0.15) is 10.4 Å². The normalized spacial score (nSPS) is 12.3. The van der Waals surface area contributed by atoms with E-state index in [0.717, 1.165) is 23.2 Å². The number of benzene rings is 2. The van der Waals surface area contributed by atoms with Gasteiger partial charge in [0.05, 0.1) is 17.4 Å². The highest BCUT2D eigenvalue weighted by molar-refractivity contribution is 5.80. The molecule has 0 saturated heterocycles. The molecule has 172 valence electrons. The summed E-state index contributed by atoms with van der Waals surface area (Å²) in [7, 11) is 1.69. The zero-order chi connectivity index (χ0) is 24.0. The Bertz CT molecular complexity index is 1170. The summed E-state index contributed by atoms with van der Waals surface area (Å²) < 4.78 is 15.5. The van der Waals surface area contributed by atoms with E-state index in [1.165, 1.54) is 0 Å². The van der Waals surface area contributed by atoms with Crippen molar-refractivity contribution in [3.63, 3.8) is 0 Å². The Balaban J connectivity index is 1.58. The molecular formula is C25H30FN7. The van der Waals surface area contributed by atoms with Crippen LogP contribution in [0.1, 0.15) is 47.3 Å². The molecule has 0 fully saturated rings. The molecule has 1 heterocycles. The zero-order valence-electron chi connectivity index (χ0n) is 19.5. The Kier molecular flexibility index (Phi) is 7.67. The number of rotatable bonds is 7. The maximum atomic E-state index is 13.9. The first kappa shape index (κ1) is 23.8. The van der Waals surface area contributed by atoms with Crippen molar-refractivity contribution in [2.45, 2.75) is 39.7 Å². The van der Waals surface area contributed by atoms with Gasteiger partial charge in [-0.15, -0.1) is 0 Å². The fraction of sp³-hybridized carbons (Fsp3) is 0.320. The molecule has 2 aromatic carbocycles. The monoisotopic (exact) mass is 447 g/mol. The van der Waals surface area contributed by atoms with Gasteiger partial charge < -0.3 is 16.4 Å². The minimum Gasteiger partial charge on any atom is -0.382 e. The van der Waals surface area contributed by atoms with Gasteiger partial charge in [-0.25, -0.2) is 9.07 Å². The van der Waals surface area contributed by atoms with Gasteiger partial charge in [0.1, 0.15) is 23.3 Å². The van der Waals surface area contributed by atoms with Crippen LogP contribution in [-0.2, 0) is 6.42 Å². The Hall–Kier alpha value is -3.86. The van der Waals surface area contributed by atoms with Crippen LogP contribution in [0.25, 0.3) is 5.69 Å². The van der Waals surface area contributed by atoms with E-state index < -0.39 is 0 Å². The minimum atomic E-state index is -0.221. The molecule has 0 spiro atoms. The molecular weight excluding hydrogens is 417 g/mol. The number of aryl methyl sites for hydroxylation is 3. The van der Waals surface area contributed by atoms with Gasteiger partial charge in [-0.05, 0) is 62.9 Å². The molecule has 4 N–H and O–H groups in total. The molecule has 3 rings (SSSR count). The number of hydrogen-bond acceptors (Lipinski definition) is 4. The van der Waals surface area contributed by atoms with Crippen molar-refractivity contribution < 1.29 is 4.39 Å². The third kappa shape index (κ3) is 5.69. The molecule has 1 aromatic heterocycles. The highest BCUT2D eigenvalue weighted by Crippen LogP contribution is 2.22. The molecule has 7 nitrogen and oxygen atoms in total. The van der Waals surface area contributed by atoms with E-state index in [1.807, 2.05) is 44.2 Å². The third-order valence-electron chi connectivity index (χ3n) is 5.54. The maximum Gasteiger partial charge on any atom is 0.191 e. The number of anilines is 1. The van der Waals surface area contributed by atoms with Crippen molar-refractivity contribution in [3.05, 3.63) is 76.2 Å². The summed E-state index contributed by atoms with van der Waals surface area (Å²) in [5, 5.41) is 20.7. The fourth-order valence-corrected chi connectivity index (χ4v) is 3.48. The smallest absolute Gasteiger partial charge is 0.191 e. The molecule has 0 saturated carbocycles. The number of guanidine groups is 1. The summed E-state index contributed by atoms with van der Waals surface area (Å²) in [6, 6.07) is 15.1. The van der Waals surface area contributed by atoms with Gasteiger partial charge in [0, 0.05) is 13.6 Å². The van der Waals surface area contributed by atoms with E-state index in [0.29, 0.717) is 41.6 Å². The summed E-state index contributed by atoms with van der Waals surface area (Å²) in [6.07, 6.45) is 1.32. The Morgan fingerprint density at radius 3 is 2.61 bits per heavy atom. The van der Waals surface area contributed by atoms with Crippen LogP contribution >= 0.6 is 0 Å². The average Bonchev–Trinajstić information content (AvgIpc) is 3.13. The standard InChI is InChI=1S/C25H30FN7/c1-16-7-11-20(12-8-16)33-24(28)21(15-27)23(32-33)6-5-13-30-25(29-4)31-18(3)19-10-9-17(2)22(26)14-19/h7-12,14,18H,5-6,13,28H2,1-4H3,(H2,29,30,31). The van der Waals surface area contributed by atoms with Crippen molar-refractivity contribution in [2.75, 3.05) is 19.3 Å². The van der Waals surface area contributed by atoms with E-state index in [2.05, 4.69) is 26.8 Å². The highest BCUT2D eigenvalue weighted by Gasteiger charge is 2.16. The Morgan fingerprint density at radius 2 is 1.97 bits per heavy atom. The van der Waals surface area contributed by atoms with Crippen LogP contribution in [0, 0.1) is 31.0 Å². The Labute approximate surface area is 194 Å². The first-order chi connectivity index (χ1) is 15.8. The molecule has 0 aliphatic rings. The summed E-state index contributed by atoms with van der Waals surface area (Å²) in [4.78, 5) is 4.25. The molecule has 1 atom stereocenters. The zero-order valence-corrected chi connectivity index (χ0v) is 19.5. The first-order valence-corrected chi connectivity index (χ1v) is 10.9. The number of nitrogens with one attached hydrogen (secondary N) is 2. The number of aliphatic imine (C=N–C) groups is 1. The third-order valence-corrected chi connectivity index (χ3v) is 5.54. The topological polar surface area (TPSA) is 104 Å². The molecule has 3 aromatic rings. The predicted octanol–water partition coefficient (Wildman–Crippen LogP) is 3.94. The molecule has 0 radical (unpaired) electrons. The summed E-state index contributed by atoms with van der Waals surface area (Å²) in [5.41, 5.74) is 10.7. The van der Waals surface area contributed by atoms with Crippen molar-refractivity contribution >= 4 is 11.8 Å². The summed E-state index contributed by atoms with van der Waals surface area (Å²) in [5.74, 6) is 0.747. The van der Waals surface area contributed by atoms with E-state index in [-0.39, 0.29) is 11.9 Å². The van der Waals surface area contributed by atoms with Crippen molar-refractivity contribution in [1.29, 1.82) is 5.26 Å². The van der Waals surface area contributed by atoms with Crippen LogP contribution in [0.2, 0.25) is 0 Å². The van der Waals surface area contributed by atoms with Crippen molar-refractivity contribution in [1.82, 2.24) is 20.4 Å². The van der Waals surface area contributed by atoms with E-state index in [9.17, 15) is 9.65 Å². The molecule has 8 heteroatoms. The molecule has 0 amide bonds. The number of aromatic nitrogens is 2. The van der Waals surface area contributed by atoms with Gasteiger partial charge in [0.25, 0.3) is 0 Å². The van der Waals surface area contributed by atoms with Crippen LogP contribution in [0.4, 0.5) is 10.2 Å². The molecule has 0 aliphatic carbocycles. The first-order valence-electron chi connectivity index (χ1n) is 10.9. The van der Waals surface area contributed by atoms with Crippen molar-refractivity contribution in [3.8, 4) is 11.8 Å². The van der Waals surface area contributed by atoms with Crippen LogP contribution in [-0.4, -0.2) is 29.3 Å². The van der Waals surface area contributed by atoms with E-state index in [4.69, 9.17) is 5.73 Å². The molecule has 33 heavy (non-hydrogen) atoms. The number of hydrogen-bond donors (Lipinski definition) is 3. The lowest BCUT2D eigenvalue weighted by Gasteiger charge is -2.18. The summed E-state index contributed by atoms with van der Waals surface area (Å²) in [6.45, 7) is 6.33. The lowest BCUT2D eigenvalue weighted by atomic mass is 10.1. The lowest BCUT2D eigenvalue weighted by molar-refractivity contribution is 0.607. The van der Waals surface area contributed by atoms with E-state index >= 15 is 0 Å². The van der Waals surface area contributed by atoms with Gasteiger partial charge in [0.15, 0.2) is 5.96 Å². The number of nitrogens with zero attached hydrogens (tertiary/aromatic N) is 4. The van der Waals surface area contributed by atoms with E-state index in [1.54, 1.807) is 30.8 Å². The largest absolute Gasteiger partial charge is 0.382 e. The van der Waals surface area contributed by atoms with Crippen molar-refractivity contribution in [2.24, 2.45) is 4.99 Å². The second-order valence-corrected chi connectivity index (χ2v) is 8.04. The fourth-order valence-electron chi connectivity index (χ4n) is 3.48. The van der Waals surface area contributed by atoms with Gasteiger partial charge in [-0.3, -0.25) is 4.99 Å². The number of halogens is 1. The van der Waals surface area contributed by atoms with Gasteiger partial charge >= 0.3 is 0 Å². The lowest BCUT2D eigenvalue weighted by Crippen LogP contribution is -2.39. The second-order valence-electron chi connectivity index (χ2n) is 8.04. The SMILES string of the molecule is CN=C(NCCCc1nn(-c2ccc(C)cc2)c(N)c1C#N)NC(C)c1ccc(C)c(F)c1. The molecule has 1 unspecified atom stereocenters. The maximum absolute atomic E-state index is 13.9. The average molecular weight is 448 g/mol. The molecule has 0 aliphatic heterocycles. The van der Waals surface area contributed by atoms with Gasteiger partial charge in [0.2, 0.25) is 0 Å². The quantitative estimate of drug-likeness (QED) is 0.289. The second kappa shape index (κ2) is 10.6. The minimum absolute atomic E-state index is 0.110. The molecule has 0 bridgehead atoms. The number of nitriles is 1. The van der Waals surface area contributed by atoms with Crippen LogP contribution < -0.4 is 16.4 Å². The highest BCUT2D eigenvalue weighted by atomic mass is 19.1. The van der Waals surface area contributed by atoms with Crippen LogP contribution in [0.5, 0.6) is 0 Å². The number of nitrogens with two attached hydrogens (primary N) is 1. The summed E-state index contributed by atoms with van der Waals surface area (Å²) >= 11 is 0. The Morgan fingerprint density at radius 1 is 1.24 bits per heavy atom.